The number of anilines is 2. The molecule has 100 valence electrons. The van der Waals surface area contributed by atoms with Crippen molar-refractivity contribution in [1.29, 1.82) is 0 Å². The van der Waals surface area contributed by atoms with Gasteiger partial charge in [-0.1, -0.05) is 19.3 Å². The molecule has 0 amide bonds. The van der Waals surface area contributed by atoms with Crippen LogP contribution in [0.2, 0.25) is 0 Å². The van der Waals surface area contributed by atoms with Crippen LogP contribution in [0, 0.1) is 0 Å². The number of nitrogen functional groups attached to an aromatic ring is 1. The smallest absolute Gasteiger partial charge is 0.323 e. The molecule has 1 fully saturated rings. The van der Waals surface area contributed by atoms with Crippen molar-refractivity contribution in [1.82, 2.24) is 15.0 Å². The summed E-state index contributed by atoms with van der Waals surface area (Å²) in [6, 6.07) is 0.725. The second kappa shape index (κ2) is 5.84. The molecule has 1 aromatic heterocycles. The van der Waals surface area contributed by atoms with E-state index in [0.717, 1.165) is 12.8 Å². The summed E-state index contributed by atoms with van der Waals surface area (Å²) in [5.74, 6) is 0.712. The van der Waals surface area contributed by atoms with E-state index in [2.05, 4.69) is 20.3 Å². The molecule has 6 heteroatoms. The van der Waals surface area contributed by atoms with Crippen molar-refractivity contribution in [3.05, 3.63) is 0 Å². The number of nitrogens with two attached hydrogens (primary N) is 1. The normalized spacial score (nSPS) is 16.8. The quantitative estimate of drug-likeness (QED) is 0.851. The zero-order valence-corrected chi connectivity index (χ0v) is 11.0. The molecule has 1 saturated carbocycles. The molecule has 0 spiro atoms. The molecule has 1 heterocycles. The molecular formula is C12H21N5O. The Labute approximate surface area is 107 Å². The van der Waals surface area contributed by atoms with Gasteiger partial charge in [0.2, 0.25) is 11.9 Å². The SMILES string of the molecule is CC(C)Oc1nc(N)nc(NC2CCCCC2)n1. The first kappa shape index (κ1) is 12.9. The first-order valence-electron chi connectivity index (χ1n) is 6.58. The third kappa shape index (κ3) is 3.72. The minimum atomic E-state index is 0.0225. The highest BCUT2D eigenvalue weighted by atomic mass is 16.5. The Balaban J connectivity index is 2.04. The topological polar surface area (TPSA) is 86.0 Å². The van der Waals surface area contributed by atoms with E-state index >= 15 is 0 Å². The molecule has 1 aromatic rings. The molecule has 0 atom stereocenters. The van der Waals surface area contributed by atoms with E-state index in [1.54, 1.807) is 0 Å². The summed E-state index contributed by atoms with van der Waals surface area (Å²) in [5.41, 5.74) is 5.66. The van der Waals surface area contributed by atoms with Crippen molar-refractivity contribution in [3.8, 4) is 6.01 Å². The molecule has 2 rings (SSSR count). The summed E-state index contributed by atoms with van der Waals surface area (Å²) in [7, 11) is 0. The molecule has 0 saturated heterocycles. The number of ether oxygens (including phenoxy) is 1. The maximum Gasteiger partial charge on any atom is 0.323 e. The summed E-state index contributed by atoms with van der Waals surface area (Å²) >= 11 is 0. The molecule has 18 heavy (non-hydrogen) atoms. The van der Waals surface area contributed by atoms with Crippen LogP contribution in [0.25, 0.3) is 0 Å². The molecule has 0 aromatic carbocycles. The first-order chi connectivity index (χ1) is 8.63. The van der Waals surface area contributed by atoms with E-state index in [9.17, 15) is 0 Å². The molecule has 1 aliphatic rings. The third-order valence-electron chi connectivity index (χ3n) is 2.91. The van der Waals surface area contributed by atoms with Gasteiger partial charge in [-0.2, -0.15) is 15.0 Å². The van der Waals surface area contributed by atoms with Gasteiger partial charge in [0.15, 0.2) is 0 Å². The molecule has 0 bridgehead atoms. The van der Waals surface area contributed by atoms with E-state index in [0.29, 0.717) is 12.0 Å². The fourth-order valence-electron chi connectivity index (χ4n) is 2.13. The lowest BCUT2D eigenvalue weighted by Crippen LogP contribution is -2.24. The second-order valence-corrected chi connectivity index (χ2v) is 4.95. The number of rotatable bonds is 4. The van der Waals surface area contributed by atoms with Crippen LogP contribution in [0.1, 0.15) is 46.0 Å². The summed E-state index contributed by atoms with van der Waals surface area (Å²) in [4.78, 5) is 12.3. The highest BCUT2D eigenvalue weighted by molar-refractivity contribution is 5.33. The Morgan fingerprint density at radius 1 is 1.17 bits per heavy atom. The van der Waals surface area contributed by atoms with Gasteiger partial charge in [-0.3, -0.25) is 0 Å². The molecule has 0 aliphatic heterocycles. The Hall–Kier alpha value is -1.59. The Bertz CT molecular complexity index is 390. The van der Waals surface area contributed by atoms with Crippen LogP contribution in [-0.4, -0.2) is 27.1 Å². The van der Waals surface area contributed by atoms with E-state index < -0.39 is 0 Å². The van der Waals surface area contributed by atoms with E-state index in [1.165, 1.54) is 19.3 Å². The standard InChI is InChI=1S/C12H21N5O/c1-8(2)18-12-16-10(13)15-11(17-12)14-9-6-4-3-5-7-9/h8-9H,3-7H2,1-2H3,(H3,13,14,15,16,17). The lowest BCUT2D eigenvalue weighted by Gasteiger charge is -2.22. The maximum absolute atomic E-state index is 5.66. The van der Waals surface area contributed by atoms with E-state index in [-0.39, 0.29) is 18.1 Å². The Morgan fingerprint density at radius 3 is 2.56 bits per heavy atom. The Morgan fingerprint density at radius 2 is 1.89 bits per heavy atom. The van der Waals surface area contributed by atoms with Crippen LogP contribution >= 0.6 is 0 Å². The molecule has 1 aliphatic carbocycles. The largest absolute Gasteiger partial charge is 0.461 e. The highest BCUT2D eigenvalue weighted by Crippen LogP contribution is 2.21. The van der Waals surface area contributed by atoms with Gasteiger partial charge in [-0.15, -0.1) is 0 Å². The van der Waals surface area contributed by atoms with Gasteiger partial charge < -0.3 is 15.8 Å². The highest BCUT2D eigenvalue weighted by Gasteiger charge is 2.15. The van der Waals surface area contributed by atoms with Crippen LogP contribution in [0.3, 0.4) is 0 Å². The fraction of sp³-hybridized carbons (Fsp3) is 0.750. The van der Waals surface area contributed by atoms with Crippen molar-refractivity contribution in [2.45, 2.75) is 58.1 Å². The summed E-state index contributed by atoms with van der Waals surface area (Å²) in [6.07, 6.45) is 6.17. The summed E-state index contributed by atoms with van der Waals surface area (Å²) in [5, 5.41) is 3.31. The predicted molar refractivity (Wildman–Crippen MR) is 70.5 cm³/mol. The van der Waals surface area contributed by atoms with Crippen LogP contribution in [0.4, 0.5) is 11.9 Å². The zero-order chi connectivity index (χ0) is 13.0. The Kier molecular flexibility index (Phi) is 4.17. The molecule has 3 N–H and O–H groups in total. The number of nitrogens with zero attached hydrogens (tertiary/aromatic N) is 3. The number of hydrogen-bond acceptors (Lipinski definition) is 6. The predicted octanol–water partition coefficient (Wildman–Crippen LogP) is 1.99. The molecule has 0 radical (unpaired) electrons. The number of nitrogens with one attached hydrogen (secondary N) is 1. The van der Waals surface area contributed by atoms with Crippen molar-refractivity contribution >= 4 is 11.9 Å². The molecule has 6 nitrogen and oxygen atoms in total. The zero-order valence-electron chi connectivity index (χ0n) is 11.0. The number of hydrogen-bond donors (Lipinski definition) is 2. The lowest BCUT2D eigenvalue weighted by atomic mass is 9.96. The van der Waals surface area contributed by atoms with Crippen molar-refractivity contribution in [3.63, 3.8) is 0 Å². The summed E-state index contributed by atoms with van der Waals surface area (Å²) < 4.78 is 5.44. The van der Waals surface area contributed by atoms with Crippen LogP contribution in [-0.2, 0) is 0 Å². The fourth-order valence-corrected chi connectivity index (χ4v) is 2.13. The average molecular weight is 251 g/mol. The van der Waals surface area contributed by atoms with Crippen LogP contribution in [0.5, 0.6) is 6.01 Å². The van der Waals surface area contributed by atoms with Crippen LogP contribution in [0.15, 0.2) is 0 Å². The molecular weight excluding hydrogens is 230 g/mol. The van der Waals surface area contributed by atoms with Crippen molar-refractivity contribution in [2.24, 2.45) is 0 Å². The van der Waals surface area contributed by atoms with Gasteiger partial charge in [0.05, 0.1) is 6.10 Å². The minimum Gasteiger partial charge on any atom is -0.461 e. The third-order valence-corrected chi connectivity index (χ3v) is 2.91. The molecule has 0 unspecified atom stereocenters. The van der Waals surface area contributed by atoms with Crippen molar-refractivity contribution < 1.29 is 4.74 Å². The van der Waals surface area contributed by atoms with Gasteiger partial charge in [0.25, 0.3) is 0 Å². The van der Waals surface area contributed by atoms with Crippen molar-refractivity contribution in [2.75, 3.05) is 11.1 Å². The van der Waals surface area contributed by atoms with Gasteiger partial charge in [-0.05, 0) is 26.7 Å². The number of aromatic nitrogens is 3. The summed E-state index contributed by atoms with van der Waals surface area (Å²) in [6.45, 7) is 3.85. The maximum atomic E-state index is 5.66. The van der Waals surface area contributed by atoms with Gasteiger partial charge >= 0.3 is 6.01 Å². The van der Waals surface area contributed by atoms with Gasteiger partial charge in [0, 0.05) is 6.04 Å². The second-order valence-electron chi connectivity index (χ2n) is 4.95. The average Bonchev–Trinajstić information content (AvgIpc) is 2.28. The van der Waals surface area contributed by atoms with Gasteiger partial charge in [-0.25, -0.2) is 0 Å². The van der Waals surface area contributed by atoms with E-state index in [4.69, 9.17) is 10.5 Å². The van der Waals surface area contributed by atoms with Crippen LogP contribution < -0.4 is 15.8 Å². The first-order valence-corrected chi connectivity index (χ1v) is 6.58. The lowest BCUT2D eigenvalue weighted by molar-refractivity contribution is 0.222. The monoisotopic (exact) mass is 251 g/mol. The van der Waals surface area contributed by atoms with E-state index in [1.807, 2.05) is 13.8 Å². The minimum absolute atomic E-state index is 0.0225. The van der Waals surface area contributed by atoms with Gasteiger partial charge in [0.1, 0.15) is 0 Å².